The fourth-order valence-corrected chi connectivity index (χ4v) is 6.75. The minimum absolute atomic E-state index is 0.0289. The molecule has 2 amide bonds. The molecule has 12 nitrogen and oxygen atoms in total. The molecule has 1 atom stereocenters. The number of hydrogen-bond acceptors (Lipinski definition) is 7. The second kappa shape index (κ2) is 14.5. The van der Waals surface area contributed by atoms with Crippen LogP contribution in [-0.4, -0.2) is 66.9 Å². The van der Waals surface area contributed by atoms with Crippen molar-refractivity contribution in [2.24, 2.45) is 7.05 Å². The molecule has 0 bridgehead atoms. The molecule has 4 heterocycles. The molecule has 0 spiro atoms. The number of nitrogens with one attached hydrogen (secondary N) is 2. The topological polar surface area (TPSA) is 143 Å². The van der Waals surface area contributed by atoms with E-state index in [1.54, 1.807) is 40.5 Å². The third kappa shape index (κ3) is 7.05. The van der Waals surface area contributed by atoms with E-state index in [9.17, 15) is 19.5 Å². The van der Waals surface area contributed by atoms with Gasteiger partial charge in [0.25, 0.3) is 5.56 Å². The van der Waals surface area contributed by atoms with E-state index in [-0.39, 0.29) is 42.5 Å². The second-order valence-corrected chi connectivity index (χ2v) is 13.3. The van der Waals surface area contributed by atoms with Gasteiger partial charge in [0.15, 0.2) is 0 Å². The number of pyridine rings is 1. The van der Waals surface area contributed by atoms with Crippen molar-refractivity contribution in [3.05, 3.63) is 92.6 Å². The van der Waals surface area contributed by atoms with Crippen molar-refractivity contribution in [2.75, 3.05) is 13.7 Å². The average Bonchev–Trinajstić information content (AvgIpc) is 3.71. The second-order valence-electron chi connectivity index (χ2n) is 12.5. The molecular weight excluding hydrogens is 681 g/mol. The number of carboxylic acid groups (broad SMARTS) is 1. The van der Waals surface area contributed by atoms with Crippen molar-refractivity contribution in [3.8, 4) is 39.4 Å². The summed E-state index contributed by atoms with van der Waals surface area (Å²) in [6.45, 7) is 4.70. The van der Waals surface area contributed by atoms with Crippen molar-refractivity contribution in [1.29, 1.82) is 0 Å². The zero-order chi connectivity index (χ0) is 35.7. The Morgan fingerprint density at radius 3 is 2.40 bits per heavy atom. The third-order valence-electron chi connectivity index (χ3n) is 8.77. The number of nitrogens with zero attached hydrogens (tertiary/aromatic N) is 5. The predicted octanol–water partition coefficient (Wildman–Crippen LogP) is 6.00. The molecule has 1 saturated heterocycles. The van der Waals surface area contributed by atoms with Gasteiger partial charge in [0.1, 0.15) is 11.3 Å². The van der Waals surface area contributed by atoms with Crippen molar-refractivity contribution >= 4 is 40.7 Å². The summed E-state index contributed by atoms with van der Waals surface area (Å²) in [6.07, 6.45) is 1.65. The molecule has 0 aliphatic carbocycles. The van der Waals surface area contributed by atoms with E-state index in [1.165, 1.54) is 12.0 Å². The number of rotatable bonds is 11. The number of fused-ring (bicyclic) bond motifs is 1. The van der Waals surface area contributed by atoms with Crippen LogP contribution in [0.15, 0.2) is 65.6 Å². The van der Waals surface area contributed by atoms with Crippen LogP contribution in [0.4, 0.5) is 4.79 Å². The molecule has 0 saturated carbocycles. The van der Waals surface area contributed by atoms with Gasteiger partial charge in [-0.25, -0.2) is 14.3 Å². The highest BCUT2D eigenvalue weighted by Gasteiger charge is 2.26. The van der Waals surface area contributed by atoms with E-state index in [0.717, 1.165) is 5.56 Å². The van der Waals surface area contributed by atoms with Crippen LogP contribution in [-0.2, 0) is 24.9 Å². The number of benzene rings is 2. The highest BCUT2D eigenvalue weighted by Crippen LogP contribution is 2.42. The summed E-state index contributed by atoms with van der Waals surface area (Å²) in [5.41, 5.74) is 4.80. The van der Waals surface area contributed by atoms with E-state index in [0.29, 0.717) is 74.3 Å². The van der Waals surface area contributed by atoms with Gasteiger partial charge in [-0.05, 0) is 24.6 Å². The smallest absolute Gasteiger partial charge is 0.407 e. The molecule has 260 valence electrons. The zero-order valence-corrected chi connectivity index (χ0v) is 29.5. The molecule has 3 aromatic heterocycles. The first-order valence-corrected chi connectivity index (χ1v) is 16.9. The Labute approximate surface area is 298 Å². The number of aromatic nitrogens is 4. The molecule has 5 aromatic rings. The summed E-state index contributed by atoms with van der Waals surface area (Å²) in [4.78, 5) is 42.9. The monoisotopic (exact) mass is 717 g/mol. The lowest BCUT2D eigenvalue weighted by Gasteiger charge is -2.23. The third-order valence-corrected chi connectivity index (χ3v) is 9.58. The summed E-state index contributed by atoms with van der Waals surface area (Å²) in [5.74, 6) is 0.788. The van der Waals surface area contributed by atoms with Gasteiger partial charge >= 0.3 is 6.09 Å². The fraction of sp³-hybridized carbons (Fsp3) is 0.306. The van der Waals surface area contributed by atoms with Gasteiger partial charge in [0, 0.05) is 71.7 Å². The summed E-state index contributed by atoms with van der Waals surface area (Å²) < 4.78 is 8.73. The number of carbonyl (C=O) groups is 2. The van der Waals surface area contributed by atoms with Crippen LogP contribution in [0.25, 0.3) is 39.0 Å². The molecular formula is C36H37Cl2N7O5. The number of halogens is 2. The summed E-state index contributed by atoms with van der Waals surface area (Å²) in [5, 5.41) is 21.5. The molecule has 1 aliphatic rings. The minimum Gasteiger partial charge on any atom is -0.481 e. The summed E-state index contributed by atoms with van der Waals surface area (Å²) in [6, 6.07) is 16.5. The fourth-order valence-electron chi connectivity index (χ4n) is 6.08. The standard InChI is InChI=1S/C36H37Cl2N7O5/c1-20(2)39-16-30-42-45-18-22(15-29(45)35(47)43(30)3)24-7-5-8-25(32(24)37)26-9-6-10-27(33(26)38)28-13-11-21(34(41-28)50-4)17-44(36(48)49)19-23-12-14-31(46)40-23/h5-11,13,15,18,20,23,39H,12,14,16-17,19H2,1-4H3,(H,40,46)(H,48,49)/t23-/m0/s1. The number of methoxy groups -OCH3 is 1. The normalized spacial score (nSPS) is 14.4. The molecule has 6 rings (SSSR count). The van der Waals surface area contributed by atoms with E-state index >= 15 is 0 Å². The summed E-state index contributed by atoms with van der Waals surface area (Å²) >= 11 is 14.1. The predicted molar refractivity (Wildman–Crippen MR) is 193 cm³/mol. The van der Waals surface area contributed by atoms with Gasteiger partial charge in [-0.1, -0.05) is 73.4 Å². The molecule has 0 radical (unpaired) electrons. The van der Waals surface area contributed by atoms with Gasteiger partial charge in [-0.2, -0.15) is 5.10 Å². The van der Waals surface area contributed by atoms with Gasteiger partial charge in [0.05, 0.1) is 35.9 Å². The van der Waals surface area contributed by atoms with Crippen LogP contribution in [0.5, 0.6) is 5.88 Å². The highest BCUT2D eigenvalue weighted by molar-refractivity contribution is 6.39. The van der Waals surface area contributed by atoms with Crippen LogP contribution in [0.1, 0.15) is 38.1 Å². The van der Waals surface area contributed by atoms with E-state index in [2.05, 4.69) is 15.7 Å². The van der Waals surface area contributed by atoms with Crippen LogP contribution < -0.4 is 20.9 Å². The number of ether oxygens (including phenoxy) is 1. The molecule has 14 heteroatoms. The lowest BCUT2D eigenvalue weighted by molar-refractivity contribution is -0.119. The first-order chi connectivity index (χ1) is 23.9. The zero-order valence-electron chi connectivity index (χ0n) is 28.0. The minimum atomic E-state index is -1.11. The van der Waals surface area contributed by atoms with E-state index in [1.807, 2.05) is 50.2 Å². The van der Waals surface area contributed by atoms with Crippen molar-refractivity contribution in [3.63, 3.8) is 0 Å². The number of hydrogen-bond donors (Lipinski definition) is 3. The maximum Gasteiger partial charge on any atom is 0.407 e. The van der Waals surface area contributed by atoms with Crippen LogP contribution in [0.3, 0.4) is 0 Å². The van der Waals surface area contributed by atoms with Gasteiger partial charge < -0.3 is 25.4 Å². The highest BCUT2D eigenvalue weighted by atomic mass is 35.5. The molecule has 3 N–H and O–H groups in total. The molecule has 50 heavy (non-hydrogen) atoms. The van der Waals surface area contributed by atoms with E-state index < -0.39 is 6.09 Å². The average molecular weight is 719 g/mol. The van der Waals surface area contributed by atoms with Gasteiger partial charge in [-0.15, -0.1) is 0 Å². The Morgan fingerprint density at radius 2 is 1.76 bits per heavy atom. The van der Waals surface area contributed by atoms with Crippen LogP contribution >= 0.6 is 23.2 Å². The number of carbonyl (C=O) groups excluding carboxylic acids is 1. The molecule has 2 aromatic carbocycles. The Morgan fingerprint density at radius 1 is 1.08 bits per heavy atom. The van der Waals surface area contributed by atoms with Crippen LogP contribution in [0.2, 0.25) is 10.0 Å². The Balaban J connectivity index is 1.31. The van der Waals surface area contributed by atoms with Crippen molar-refractivity contribution in [2.45, 2.75) is 51.9 Å². The van der Waals surface area contributed by atoms with Crippen molar-refractivity contribution in [1.82, 2.24) is 34.7 Å². The van der Waals surface area contributed by atoms with Gasteiger partial charge in [0.2, 0.25) is 11.8 Å². The maximum atomic E-state index is 13.2. The quantitative estimate of drug-likeness (QED) is 0.151. The van der Waals surface area contributed by atoms with Gasteiger partial charge in [-0.3, -0.25) is 14.2 Å². The lowest BCUT2D eigenvalue weighted by atomic mass is 9.97. The Bertz CT molecular complexity index is 2160. The Kier molecular flexibility index (Phi) is 10.1. The molecule has 1 fully saturated rings. The first kappa shape index (κ1) is 34.9. The van der Waals surface area contributed by atoms with Crippen molar-refractivity contribution < 1.29 is 19.4 Å². The molecule has 1 aliphatic heterocycles. The maximum absolute atomic E-state index is 13.2. The summed E-state index contributed by atoms with van der Waals surface area (Å²) in [7, 11) is 3.19. The van der Waals surface area contributed by atoms with Crippen LogP contribution in [0, 0.1) is 0 Å². The number of amides is 2. The lowest BCUT2D eigenvalue weighted by Crippen LogP contribution is -2.41. The first-order valence-electron chi connectivity index (χ1n) is 16.2. The largest absolute Gasteiger partial charge is 0.481 e. The SMILES string of the molecule is COc1nc(-c2cccc(-c3cccc(-c4cc5c(=O)n(C)c(CNC(C)C)nn5c4)c3Cl)c2Cl)ccc1CN(C[C@@H]1CCC(=O)N1)C(=O)O. The Hall–Kier alpha value is -4.91. The van der Waals surface area contributed by atoms with E-state index in [4.69, 9.17) is 32.9 Å². The molecule has 0 unspecified atom stereocenters.